The van der Waals surface area contributed by atoms with Gasteiger partial charge in [0.1, 0.15) is 0 Å². The lowest BCUT2D eigenvalue weighted by atomic mass is 9.95. The van der Waals surface area contributed by atoms with E-state index in [2.05, 4.69) is 22.5 Å². The summed E-state index contributed by atoms with van der Waals surface area (Å²) in [5, 5.41) is 6.16. The Hall–Kier alpha value is -1.93. The molecule has 0 radical (unpaired) electrons. The van der Waals surface area contributed by atoms with Crippen LogP contribution in [0.1, 0.15) is 23.8 Å². The summed E-state index contributed by atoms with van der Waals surface area (Å²) < 4.78 is 25.2. The van der Waals surface area contributed by atoms with Crippen LogP contribution in [0.25, 0.3) is 5.52 Å². The number of hydrogen-bond acceptors (Lipinski definition) is 5. The number of imidazole rings is 1. The predicted octanol–water partition coefficient (Wildman–Crippen LogP) is 0.466. The number of piperidine rings is 1. The Labute approximate surface area is 135 Å². The van der Waals surface area contributed by atoms with Crippen molar-refractivity contribution in [3.05, 3.63) is 30.1 Å². The van der Waals surface area contributed by atoms with Crippen LogP contribution in [0.3, 0.4) is 0 Å². The fourth-order valence-electron chi connectivity index (χ4n) is 2.90. The zero-order valence-corrected chi connectivity index (χ0v) is 13.9. The minimum atomic E-state index is -3.52. The molecule has 3 rings (SSSR count). The second kappa shape index (κ2) is 5.93. The van der Waals surface area contributed by atoms with E-state index in [-0.39, 0.29) is 22.8 Å². The van der Waals surface area contributed by atoms with Gasteiger partial charge in [0.05, 0.1) is 5.52 Å². The molecule has 1 amide bonds. The van der Waals surface area contributed by atoms with Crippen molar-refractivity contribution in [3.8, 4) is 0 Å². The molecule has 124 valence electrons. The number of nitrogens with zero attached hydrogens (tertiary/aromatic N) is 2. The summed E-state index contributed by atoms with van der Waals surface area (Å²) in [5.74, 6) is -0.0155. The fourth-order valence-corrected chi connectivity index (χ4v) is 3.68. The first kappa shape index (κ1) is 15.9. The smallest absolute Gasteiger partial charge is 0.272 e. The van der Waals surface area contributed by atoms with Crippen LogP contribution in [0.4, 0.5) is 0 Å². The molecule has 2 N–H and O–H groups in total. The minimum Gasteiger partial charge on any atom is -0.348 e. The summed E-state index contributed by atoms with van der Waals surface area (Å²) in [7, 11) is -3.52. The van der Waals surface area contributed by atoms with E-state index >= 15 is 0 Å². The van der Waals surface area contributed by atoms with Crippen molar-refractivity contribution < 1.29 is 13.2 Å². The molecule has 2 aromatic rings. The Bertz CT molecular complexity index is 844. The lowest BCUT2D eigenvalue weighted by Crippen LogP contribution is -2.48. The Balaban J connectivity index is 1.98. The fraction of sp³-hybridized carbons (Fsp3) is 0.467. The third kappa shape index (κ3) is 3.09. The number of rotatable bonds is 3. The first-order valence-electron chi connectivity index (χ1n) is 7.56. The normalized spacial score (nSPS) is 22.2. The molecule has 23 heavy (non-hydrogen) atoms. The Morgan fingerprint density at radius 2 is 2.22 bits per heavy atom. The largest absolute Gasteiger partial charge is 0.348 e. The van der Waals surface area contributed by atoms with E-state index in [0.29, 0.717) is 11.4 Å². The lowest BCUT2D eigenvalue weighted by Gasteiger charge is -2.29. The number of sulfone groups is 1. The summed E-state index contributed by atoms with van der Waals surface area (Å²) in [6.07, 6.45) is 3.53. The zero-order valence-electron chi connectivity index (χ0n) is 13.1. The molecule has 1 saturated heterocycles. The molecule has 8 heteroatoms. The van der Waals surface area contributed by atoms with Crippen molar-refractivity contribution in [3.63, 3.8) is 0 Å². The van der Waals surface area contributed by atoms with Gasteiger partial charge in [-0.3, -0.25) is 9.20 Å². The maximum atomic E-state index is 12.6. The van der Waals surface area contributed by atoms with Gasteiger partial charge >= 0.3 is 0 Å². The van der Waals surface area contributed by atoms with Crippen molar-refractivity contribution in [2.75, 3.05) is 19.3 Å². The molecular weight excluding hydrogens is 316 g/mol. The third-order valence-corrected chi connectivity index (χ3v) is 5.12. The topological polar surface area (TPSA) is 92.6 Å². The van der Waals surface area contributed by atoms with Gasteiger partial charge < -0.3 is 10.6 Å². The van der Waals surface area contributed by atoms with E-state index in [1.54, 1.807) is 24.4 Å². The second-order valence-corrected chi connectivity index (χ2v) is 7.93. The number of pyridine rings is 1. The Kier molecular flexibility index (Phi) is 4.11. The maximum absolute atomic E-state index is 12.6. The molecule has 0 spiro atoms. The van der Waals surface area contributed by atoms with Crippen LogP contribution in [0.5, 0.6) is 0 Å². The highest BCUT2D eigenvalue weighted by Gasteiger charge is 2.27. The van der Waals surface area contributed by atoms with E-state index in [4.69, 9.17) is 0 Å². The summed E-state index contributed by atoms with van der Waals surface area (Å²) in [6.45, 7) is 3.78. The van der Waals surface area contributed by atoms with Gasteiger partial charge in [-0.1, -0.05) is 13.0 Å². The SMILES string of the molecule is CC1CNCCC1NC(=O)c1nc(S(C)(=O)=O)n2ccccc12. The van der Waals surface area contributed by atoms with Crippen LogP contribution in [0.15, 0.2) is 29.6 Å². The predicted molar refractivity (Wildman–Crippen MR) is 86.2 cm³/mol. The van der Waals surface area contributed by atoms with Crippen molar-refractivity contribution in [2.45, 2.75) is 24.5 Å². The molecule has 1 fully saturated rings. The molecule has 0 bridgehead atoms. The van der Waals surface area contributed by atoms with Crippen LogP contribution < -0.4 is 10.6 Å². The van der Waals surface area contributed by atoms with Crippen molar-refractivity contribution in [2.24, 2.45) is 5.92 Å². The van der Waals surface area contributed by atoms with E-state index in [1.807, 2.05) is 0 Å². The number of nitrogens with one attached hydrogen (secondary N) is 2. The van der Waals surface area contributed by atoms with Crippen LogP contribution in [0, 0.1) is 5.92 Å². The summed E-state index contributed by atoms with van der Waals surface area (Å²) in [6, 6.07) is 5.22. The van der Waals surface area contributed by atoms with Gasteiger partial charge in [-0.15, -0.1) is 0 Å². The zero-order chi connectivity index (χ0) is 16.6. The van der Waals surface area contributed by atoms with Gasteiger partial charge in [0.15, 0.2) is 5.69 Å². The van der Waals surface area contributed by atoms with Gasteiger partial charge in [0.2, 0.25) is 15.0 Å². The molecular formula is C15H20N4O3S. The molecule has 0 aromatic carbocycles. The van der Waals surface area contributed by atoms with Gasteiger partial charge in [0.25, 0.3) is 5.91 Å². The number of hydrogen-bond donors (Lipinski definition) is 2. The quantitative estimate of drug-likeness (QED) is 0.850. The van der Waals surface area contributed by atoms with Crippen LogP contribution in [0.2, 0.25) is 0 Å². The first-order valence-corrected chi connectivity index (χ1v) is 9.46. The van der Waals surface area contributed by atoms with Gasteiger partial charge in [-0.25, -0.2) is 13.4 Å². The number of aromatic nitrogens is 2. The van der Waals surface area contributed by atoms with Crippen molar-refractivity contribution >= 4 is 21.3 Å². The molecule has 2 aromatic heterocycles. The monoisotopic (exact) mass is 336 g/mol. The van der Waals surface area contributed by atoms with Gasteiger partial charge in [0, 0.05) is 18.5 Å². The van der Waals surface area contributed by atoms with E-state index in [1.165, 1.54) is 4.40 Å². The number of carbonyl (C=O) groups excluding carboxylic acids is 1. The van der Waals surface area contributed by atoms with Gasteiger partial charge in [-0.05, 0) is 37.6 Å². The molecule has 2 unspecified atom stereocenters. The molecule has 0 aliphatic carbocycles. The Morgan fingerprint density at radius 3 is 2.91 bits per heavy atom. The molecule has 3 heterocycles. The standard InChI is InChI=1S/C15H20N4O3S/c1-10-9-16-7-6-11(10)17-14(20)13-12-5-3-4-8-19(12)15(18-13)23(2,21)22/h3-5,8,10-11,16H,6-7,9H2,1-2H3,(H,17,20). The van der Waals surface area contributed by atoms with E-state index in [9.17, 15) is 13.2 Å². The highest BCUT2D eigenvalue weighted by Crippen LogP contribution is 2.18. The summed E-state index contributed by atoms with van der Waals surface area (Å²) in [4.78, 5) is 16.7. The molecule has 7 nitrogen and oxygen atoms in total. The van der Waals surface area contributed by atoms with Crippen molar-refractivity contribution in [1.29, 1.82) is 0 Å². The van der Waals surface area contributed by atoms with Gasteiger partial charge in [-0.2, -0.15) is 0 Å². The second-order valence-electron chi connectivity index (χ2n) is 6.02. The van der Waals surface area contributed by atoms with E-state index in [0.717, 1.165) is 25.8 Å². The Morgan fingerprint density at radius 1 is 1.43 bits per heavy atom. The lowest BCUT2D eigenvalue weighted by molar-refractivity contribution is 0.0911. The maximum Gasteiger partial charge on any atom is 0.272 e. The highest BCUT2D eigenvalue weighted by atomic mass is 32.2. The van der Waals surface area contributed by atoms with Crippen LogP contribution >= 0.6 is 0 Å². The molecule has 1 aliphatic rings. The molecule has 1 aliphatic heterocycles. The molecule has 2 atom stereocenters. The summed E-state index contributed by atoms with van der Waals surface area (Å²) >= 11 is 0. The van der Waals surface area contributed by atoms with Crippen LogP contribution in [-0.2, 0) is 9.84 Å². The van der Waals surface area contributed by atoms with E-state index < -0.39 is 9.84 Å². The van der Waals surface area contributed by atoms with Crippen LogP contribution in [-0.4, -0.2) is 49.1 Å². The molecule has 0 saturated carbocycles. The number of fused-ring (bicyclic) bond motifs is 1. The number of carbonyl (C=O) groups is 1. The highest BCUT2D eigenvalue weighted by molar-refractivity contribution is 7.90. The first-order chi connectivity index (χ1) is 10.9. The average molecular weight is 336 g/mol. The summed E-state index contributed by atoms with van der Waals surface area (Å²) in [5.41, 5.74) is 0.642. The third-order valence-electron chi connectivity index (χ3n) is 4.16. The van der Waals surface area contributed by atoms with Crippen molar-refractivity contribution in [1.82, 2.24) is 20.0 Å². The number of amides is 1. The minimum absolute atomic E-state index is 0.0610. The average Bonchev–Trinajstić information content (AvgIpc) is 2.89.